The molecule has 0 aliphatic rings. The molecule has 0 bridgehead atoms. The molecule has 0 heterocycles. The first kappa shape index (κ1) is 15.3. The van der Waals surface area contributed by atoms with Gasteiger partial charge in [-0.3, -0.25) is 0 Å². The Morgan fingerprint density at radius 3 is 0.722 bits per heavy atom. The molecule has 0 radical (unpaired) electrons. The molecule has 2 aromatic carbocycles. The molecule has 5 nitrogen and oxygen atoms in total. The minimum Gasteiger partial charge on any atom is -0.399 e. The standard InChI is InChI=1S/2C6H8N2.CH2O/c2*7-5-1-2-6(8)4-3-5;1-2/h2*1-4H,7-8H2;1H2. The SMILES string of the molecule is C=O.Nc1ccc(N)cc1.Nc1ccc(N)cc1. The summed E-state index contributed by atoms with van der Waals surface area (Å²) < 4.78 is 0. The maximum Gasteiger partial charge on any atom is 0.106 e. The van der Waals surface area contributed by atoms with Crippen molar-refractivity contribution in [3.63, 3.8) is 0 Å². The molecule has 0 atom stereocenters. The van der Waals surface area contributed by atoms with E-state index in [4.69, 9.17) is 27.7 Å². The van der Waals surface area contributed by atoms with Crippen molar-refractivity contribution in [1.82, 2.24) is 0 Å². The molecule has 0 saturated heterocycles. The van der Waals surface area contributed by atoms with Crippen molar-refractivity contribution < 1.29 is 4.79 Å². The number of nitrogen functional groups attached to an aromatic ring is 4. The highest BCUT2D eigenvalue weighted by Crippen LogP contribution is 2.05. The second kappa shape index (κ2) is 8.46. The second-order valence-corrected chi connectivity index (χ2v) is 3.33. The summed E-state index contributed by atoms with van der Waals surface area (Å²) in [4.78, 5) is 8.00. The molecule has 0 aliphatic heterocycles. The first-order valence-electron chi connectivity index (χ1n) is 5.09. The Morgan fingerprint density at radius 1 is 0.500 bits per heavy atom. The molecule has 0 aromatic heterocycles. The lowest BCUT2D eigenvalue weighted by atomic mass is 10.3. The van der Waals surface area contributed by atoms with E-state index in [1.165, 1.54) is 0 Å². The summed E-state index contributed by atoms with van der Waals surface area (Å²) in [5, 5.41) is 0. The normalized spacial score (nSPS) is 8.22. The van der Waals surface area contributed by atoms with Crippen molar-refractivity contribution in [2.45, 2.75) is 0 Å². The second-order valence-electron chi connectivity index (χ2n) is 3.33. The highest BCUT2D eigenvalue weighted by molar-refractivity contribution is 5.48. The Morgan fingerprint density at radius 2 is 0.611 bits per heavy atom. The fourth-order valence-corrected chi connectivity index (χ4v) is 0.992. The average Bonchev–Trinajstić information content (AvgIpc) is 2.40. The van der Waals surface area contributed by atoms with Crippen LogP contribution in [0.25, 0.3) is 0 Å². The van der Waals surface area contributed by atoms with Crippen LogP contribution in [0.1, 0.15) is 0 Å². The van der Waals surface area contributed by atoms with Crippen molar-refractivity contribution in [2.75, 3.05) is 22.9 Å². The summed E-state index contributed by atoms with van der Waals surface area (Å²) in [7, 11) is 0. The number of benzene rings is 2. The van der Waals surface area contributed by atoms with Gasteiger partial charge in [0, 0.05) is 22.7 Å². The molecular weight excluding hydrogens is 228 g/mol. The van der Waals surface area contributed by atoms with E-state index < -0.39 is 0 Å². The van der Waals surface area contributed by atoms with Gasteiger partial charge >= 0.3 is 0 Å². The van der Waals surface area contributed by atoms with Crippen LogP contribution < -0.4 is 22.9 Å². The smallest absolute Gasteiger partial charge is 0.106 e. The molecule has 0 spiro atoms. The van der Waals surface area contributed by atoms with E-state index in [0.29, 0.717) is 0 Å². The third-order valence-electron chi connectivity index (χ3n) is 1.87. The van der Waals surface area contributed by atoms with E-state index in [1.54, 1.807) is 48.5 Å². The topological polar surface area (TPSA) is 121 Å². The van der Waals surface area contributed by atoms with Crippen molar-refractivity contribution >= 4 is 29.5 Å². The quantitative estimate of drug-likeness (QED) is 0.525. The average molecular weight is 246 g/mol. The number of carbonyl (C=O) groups is 1. The zero-order valence-electron chi connectivity index (χ0n) is 10.0. The minimum atomic E-state index is 0.749. The highest BCUT2D eigenvalue weighted by Gasteiger charge is 1.81. The van der Waals surface area contributed by atoms with E-state index in [1.807, 2.05) is 6.79 Å². The van der Waals surface area contributed by atoms with Crippen molar-refractivity contribution in [3.8, 4) is 0 Å². The maximum absolute atomic E-state index is 8.00. The number of nitrogens with two attached hydrogens (primary N) is 4. The molecule has 5 heteroatoms. The summed E-state index contributed by atoms with van der Waals surface area (Å²) in [5.74, 6) is 0. The van der Waals surface area contributed by atoms with Gasteiger partial charge in [-0.05, 0) is 48.5 Å². The van der Waals surface area contributed by atoms with E-state index in [-0.39, 0.29) is 0 Å². The number of carbonyl (C=O) groups excluding carboxylic acids is 1. The number of hydrogen-bond donors (Lipinski definition) is 4. The largest absolute Gasteiger partial charge is 0.399 e. The van der Waals surface area contributed by atoms with Crippen LogP contribution >= 0.6 is 0 Å². The third kappa shape index (κ3) is 6.73. The van der Waals surface area contributed by atoms with Gasteiger partial charge in [0.05, 0.1) is 0 Å². The van der Waals surface area contributed by atoms with Crippen LogP contribution in [-0.4, -0.2) is 6.79 Å². The molecular formula is C13H18N4O. The van der Waals surface area contributed by atoms with Crippen molar-refractivity contribution in [1.29, 1.82) is 0 Å². The highest BCUT2D eigenvalue weighted by atomic mass is 16.1. The van der Waals surface area contributed by atoms with Gasteiger partial charge in [0.25, 0.3) is 0 Å². The first-order valence-corrected chi connectivity index (χ1v) is 5.09. The molecule has 18 heavy (non-hydrogen) atoms. The Hall–Kier alpha value is -2.69. The Balaban J connectivity index is 0.000000283. The van der Waals surface area contributed by atoms with E-state index in [2.05, 4.69) is 0 Å². The van der Waals surface area contributed by atoms with Gasteiger partial charge in [-0.2, -0.15) is 0 Å². The molecule has 0 fully saturated rings. The Bertz CT molecular complexity index is 354. The lowest BCUT2D eigenvalue weighted by Crippen LogP contribution is -1.86. The predicted molar refractivity (Wildman–Crippen MR) is 77.7 cm³/mol. The predicted octanol–water partition coefficient (Wildman–Crippen LogP) is 1.52. The van der Waals surface area contributed by atoms with Crippen molar-refractivity contribution in [2.24, 2.45) is 0 Å². The molecule has 8 N–H and O–H groups in total. The summed E-state index contributed by atoms with van der Waals surface area (Å²) in [6.07, 6.45) is 0. The zero-order valence-corrected chi connectivity index (χ0v) is 10.0. The van der Waals surface area contributed by atoms with E-state index in [9.17, 15) is 0 Å². The fraction of sp³-hybridized carbons (Fsp3) is 0. The molecule has 2 aromatic rings. The third-order valence-corrected chi connectivity index (χ3v) is 1.87. The Kier molecular flexibility index (Phi) is 7.20. The number of hydrogen-bond acceptors (Lipinski definition) is 5. The fourth-order valence-electron chi connectivity index (χ4n) is 0.992. The minimum absolute atomic E-state index is 0.749. The van der Waals surface area contributed by atoms with Crippen molar-refractivity contribution in [3.05, 3.63) is 48.5 Å². The molecule has 0 aliphatic carbocycles. The number of rotatable bonds is 0. The lowest BCUT2D eigenvalue weighted by molar-refractivity contribution is -0.0979. The molecule has 0 saturated carbocycles. The summed E-state index contributed by atoms with van der Waals surface area (Å²) in [6, 6.07) is 14.2. The molecule has 96 valence electrons. The first-order chi connectivity index (χ1) is 8.58. The van der Waals surface area contributed by atoms with Gasteiger partial charge in [0.2, 0.25) is 0 Å². The zero-order chi connectivity index (χ0) is 14.0. The van der Waals surface area contributed by atoms with Gasteiger partial charge in [-0.25, -0.2) is 0 Å². The molecule has 0 amide bonds. The van der Waals surface area contributed by atoms with Crippen LogP contribution in [-0.2, 0) is 4.79 Å². The molecule has 0 unspecified atom stereocenters. The van der Waals surface area contributed by atoms with Crippen LogP contribution in [0.15, 0.2) is 48.5 Å². The van der Waals surface area contributed by atoms with Gasteiger partial charge in [0.15, 0.2) is 0 Å². The summed E-state index contributed by atoms with van der Waals surface area (Å²) in [6.45, 7) is 2.00. The van der Waals surface area contributed by atoms with Crippen LogP contribution in [0.2, 0.25) is 0 Å². The van der Waals surface area contributed by atoms with Crippen LogP contribution in [0, 0.1) is 0 Å². The van der Waals surface area contributed by atoms with Crippen LogP contribution in [0.4, 0.5) is 22.7 Å². The lowest BCUT2D eigenvalue weighted by Gasteiger charge is -1.90. The van der Waals surface area contributed by atoms with Crippen LogP contribution in [0.3, 0.4) is 0 Å². The Labute approximate surface area is 106 Å². The summed E-state index contributed by atoms with van der Waals surface area (Å²) >= 11 is 0. The van der Waals surface area contributed by atoms with Gasteiger partial charge in [-0.1, -0.05) is 0 Å². The monoisotopic (exact) mass is 246 g/mol. The van der Waals surface area contributed by atoms with Crippen LogP contribution in [0.5, 0.6) is 0 Å². The van der Waals surface area contributed by atoms with Gasteiger partial charge in [0.1, 0.15) is 6.79 Å². The maximum atomic E-state index is 8.00. The summed E-state index contributed by atoms with van der Waals surface area (Å²) in [5.41, 5.74) is 24.5. The van der Waals surface area contributed by atoms with E-state index in [0.717, 1.165) is 22.7 Å². The molecule has 2 rings (SSSR count). The number of anilines is 4. The van der Waals surface area contributed by atoms with Gasteiger partial charge < -0.3 is 27.7 Å². The van der Waals surface area contributed by atoms with Gasteiger partial charge in [-0.15, -0.1) is 0 Å². The van der Waals surface area contributed by atoms with E-state index >= 15 is 0 Å².